The number of ether oxygens (including phenoxy) is 1. The van der Waals surface area contributed by atoms with Crippen molar-refractivity contribution in [2.45, 2.75) is 6.42 Å². The molecule has 0 atom stereocenters. The fourth-order valence-electron chi connectivity index (χ4n) is 1.76. The van der Waals surface area contributed by atoms with Gasteiger partial charge in [-0.2, -0.15) is 0 Å². The minimum Gasteiger partial charge on any atom is -0.492 e. The fourth-order valence-corrected chi connectivity index (χ4v) is 2.00. The lowest BCUT2D eigenvalue weighted by molar-refractivity contribution is 0.0692. The van der Waals surface area contributed by atoms with Crippen LogP contribution in [-0.4, -0.2) is 17.7 Å². The molecule has 2 aromatic rings. The number of halogens is 1. The SMILES string of the molecule is O=C(O)c1c(Cl)cccc1OCCc1ccccc1. The fraction of sp³-hybridized carbons (Fsp3) is 0.133. The van der Waals surface area contributed by atoms with Gasteiger partial charge in [0.2, 0.25) is 0 Å². The molecule has 0 aromatic heterocycles. The van der Waals surface area contributed by atoms with E-state index in [0.29, 0.717) is 18.8 Å². The molecule has 98 valence electrons. The molecule has 0 unspecified atom stereocenters. The molecule has 2 aromatic carbocycles. The van der Waals surface area contributed by atoms with Gasteiger partial charge in [-0.3, -0.25) is 0 Å². The Balaban J connectivity index is 2.04. The zero-order chi connectivity index (χ0) is 13.7. The van der Waals surface area contributed by atoms with E-state index in [1.807, 2.05) is 30.3 Å². The molecule has 3 nitrogen and oxygen atoms in total. The molecule has 0 aliphatic heterocycles. The van der Waals surface area contributed by atoms with E-state index in [2.05, 4.69) is 0 Å². The first-order chi connectivity index (χ1) is 9.18. The molecule has 4 heteroatoms. The van der Waals surface area contributed by atoms with Gasteiger partial charge in [0.15, 0.2) is 0 Å². The zero-order valence-corrected chi connectivity index (χ0v) is 10.9. The highest BCUT2D eigenvalue weighted by Gasteiger charge is 2.15. The number of hydrogen-bond acceptors (Lipinski definition) is 2. The Kier molecular flexibility index (Phi) is 4.42. The highest BCUT2D eigenvalue weighted by atomic mass is 35.5. The van der Waals surface area contributed by atoms with Crippen molar-refractivity contribution < 1.29 is 14.6 Å². The summed E-state index contributed by atoms with van der Waals surface area (Å²) < 4.78 is 5.52. The van der Waals surface area contributed by atoms with Crippen molar-refractivity contribution in [3.05, 3.63) is 64.7 Å². The van der Waals surface area contributed by atoms with E-state index in [1.165, 1.54) is 6.07 Å². The van der Waals surface area contributed by atoms with Gasteiger partial charge in [-0.1, -0.05) is 48.0 Å². The summed E-state index contributed by atoms with van der Waals surface area (Å²) in [7, 11) is 0. The van der Waals surface area contributed by atoms with Gasteiger partial charge in [0.05, 0.1) is 11.6 Å². The normalized spacial score (nSPS) is 10.2. The quantitative estimate of drug-likeness (QED) is 0.906. The number of carboxylic acid groups (broad SMARTS) is 1. The Bertz CT molecular complexity index is 567. The zero-order valence-electron chi connectivity index (χ0n) is 10.2. The van der Waals surface area contributed by atoms with E-state index in [0.717, 1.165) is 5.56 Å². The second-order valence-corrected chi connectivity index (χ2v) is 4.41. The highest BCUT2D eigenvalue weighted by Crippen LogP contribution is 2.26. The monoisotopic (exact) mass is 276 g/mol. The summed E-state index contributed by atoms with van der Waals surface area (Å²) in [4.78, 5) is 11.1. The summed E-state index contributed by atoms with van der Waals surface area (Å²) in [5.41, 5.74) is 1.15. The molecule has 0 amide bonds. The van der Waals surface area contributed by atoms with Crippen molar-refractivity contribution >= 4 is 17.6 Å². The van der Waals surface area contributed by atoms with Crippen LogP contribution in [0.25, 0.3) is 0 Å². The van der Waals surface area contributed by atoms with Crippen molar-refractivity contribution in [1.29, 1.82) is 0 Å². The van der Waals surface area contributed by atoms with Crippen LogP contribution in [0, 0.1) is 0 Å². The second kappa shape index (κ2) is 6.25. The average Bonchev–Trinajstić information content (AvgIpc) is 2.39. The lowest BCUT2D eigenvalue weighted by Gasteiger charge is -2.10. The van der Waals surface area contributed by atoms with Crippen LogP contribution in [-0.2, 0) is 6.42 Å². The van der Waals surface area contributed by atoms with E-state index in [1.54, 1.807) is 12.1 Å². The van der Waals surface area contributed by atoms with Gasteiger partial charge >= 0.3 is 5.97 Å². The van der Waals surface area contributed by atoms with Crippen LogP contribution in [0.2, 0.25) is 5.02 Å². The first-order valence-corrected chi connectivity index (χ1v) is 6.25. The highest BCUT2D eigenvalue weighted by molar-refractivity contribution is 6.33. The van der Waals surface area contributed by atoms with Gasteiger partial charge in [0, 0.05) is 6.42 Å². The molecule has 1 N–H and O–H groups in total. The van der Waals surface area contributed by atoms with Crippen molar-refractivity contribution in [1.82, 2.24) is 0 Å². The molecule has 0 fully saturated rings. The van der Waals surface area contributed by atoms with Gasteiger partial charge in [0.1, 0.15) is 11.3 Å². The molecule has 0 saturated heterocycles. The van der Waals surface area contributed by atoms with Crippen LogP contribution in [0.4, 0.5) is 0 Å². The van der Waals surface area contributed by atoms with E-state index in [9.17, 15) is 4.79 Å². The van der Waals surface area contributed by atoms with Crippen LogP contribution >= 0.6 is 11.6 Å². The van der Waals surface area contributed by atoms with Gasteiger partial charge in [-0.05, 0) is 17.7 Å². The molecule has 0 radical (unpaired) electrons. The summed E-state index contributed by atoms with van der Waals surface area (Å²) >= 11 is 5.86. The third-order valence-corrected chi connectivity index (χ3v) is 3.00. The van der Waals surface area contributed by atoms with Crippen molar-refractivity contribution in [3.63, 3.8) is 0 Å². The molecule has 0 spiro atoms. The predicted molar refractivity (Wildman–Crippen MR) is 74.1 cm³/mol. The van der Waals surface area contributed by atoms with Crippen molar-refractivity contribution in [2.75, 3.05) is 6.61 Å². The molecule has 0 aliphatic carbocycles. The number of carbonyl (C=O) groups is 1. The lowest BCUT2D eigenvalue weighted by atomic mass is 10.1. The number of carboxylic acids is 1. The minimum absolute atomic E-state index is 0.0113. The van der Waals surface area contributed by atoms with Gasteiger partial charge in [0.25, 0.3) is 0 Å². The average molecular weight is 277 g/mol. The van der Waals surface area contributed by atoms with Crippen molar-refractivity contribution in [3.8, 4) is 5.75 Å². The molecule has 2 rings (SSSR count). The topological polar surface area (TPSA) is 46.5 Å². The van der Waals surface area contributed by atoms with Crippen LogP contribution in [0.5, 0.6) is 5.75 Å². The second-order valence-electron chi connectivity index (χ2n) is 4.00. The van der Waals surface area contributed by atoms with Crippen LogP contribution < -0.4 is 4.74 Å². The first-order valence-electron chi connectivity index (χ1n) is 5.87. The van der Waals surface area contributed by atoms with Gasteiger partial charge < -0.3 is 9.84 Å². The summed E-state index contributed by atoms with van der Waals surface area (Å²) in [6, 6.07) is 14.7. The van der Waals surface area contributed by atoms with E-state index in [4.69, 9.17) is 21.4 Å². The maximum atomic E-state index is 11.1. The third kappa shape index (κ3) is 3.48. The Morgan fingerprint density at radius 3 is 2.53 bits per heavy atom. The van der Waals surface area contributed by atoms with E-state index in [-0.39, 0.29) is 10.6 Å². The molecule has 19 heavy (non-hydrogen) atoms. The molecular formula is C15H13ClO3. The van der Waals surface area contributed by atoms with Crippen LogP contribution in [0.1, 0.15) is 15.9 Å². The number of rotatable bonds is 5. The van der Waals surface area contributed by atoms with Crippen LogP contribution in [0.15, 0.2) is 48.5 Å². The first kappa shape index (κ1) is 13.4. The maximum absolute atomic E-state index is 11.1. The number of hydrogen-bond donors (Lipinski definition) is 1. The summed E-state index contributed by atoms with van der Waals surface area (Å²) in [5, 5.41) is 9.28. The largest absolute Gasteiger partial charge is 0.492 e. The summed E-state index contributed by atoms with van der Waals surface area (Å²) in [5.74, 6) is -0.781. The van der Waals surface area contributed by atoms with E-state index < -0.39 is 5.97 Å². The van der Waals surface area contributed by atoms with Gasteiger partial charge in [-0.25, -0.2) is 4.79 Å². The van der Waals surface area contributed by atoms with Crippen molar-refractivity contribution in [2.24, 2.45) is 0 Å². The van der Waals surface area contributed by atoms with E-state index >= 15 is 0 Å². The number of aromatic carboxylic acids is 1. The minimum atomic E-state index is -1.08. The predicted octanol–water partition coefficient (Wildman–Crippen LogP) is 3.66. The Morgan fingerprint density at radius 1 is 1.11 bits per heavy atom. The third-order valence-electron chi connectivity index (χ3n) is 2.68. The summed E-state index contributed by atoms with van der Waals surface area (Å²) in [6.07, 6.45) is 0.715. The Hall–Kier alpha value is -2.00. The molecule has 0 bridgehead atoms. The Labute approximate surface area is 116 Å². The molecule has 0 aliphatic rings. The maximum Gasteiger partial charge on any atom is 0.341 e. The Morgan fingerprint density at radius 2 is 1.84 bits per heavy atom. The number of benzene rings is 2. The van der Waals surface area contributed by atoms with Crippen LogP contribution in [0.3, 0.4) is 0 Å². The van der Waals surface area contributed by atoms with Gasteiger partial charge in [-0.15, -0.1) is 0 Å². The molecule has 0 heterocycles. The standard InChI is InChI=1S/C15H13ClO3/c16-12-7-4-8-13(14(12)15(17)18)19-10-9-11-5-2-1-3-6-11/h1-8H,9-10H2,(H,17,18). The smallest absolute Gasteiger partial charge is 0.341 e. The lowest BCUT2D eigenvalue weighted by Crippen LogP contribution is -2.06. The molecule has 0 saturated carbocycles. The summed E-state index contributed by atoms with van der Waals surface area (Å²) in [6.45, 7) is 0.407. The molecular weight excluding hydrogens is 264 g/mol.